The third-order valence-electron chi connectivity index (χ3n) is 2.65. The minimum atomic E-state index is -3.22. The summed E-state index contributed by atoms with van der Waals surface area (Å²) < 4.78 is 22.8. The zero-order valence-corrected chi connectivity index (χ0v) is 12.5. The number of rotatable bonds is 4. The van der Waals surface area contributed by atoms with Gasteiger partial charge >= 0.3 is 7.60 Å². The van der Waals surface area contributed by atoms with Crippen LogP contribution in [0.1, 0.15) is 26.3 Å². The second-order valence-corrected chi connectivity index (χ2v) is 7.26. The van der Waals surface area contributed by atoms with Crippen LogP contribution in [0.5, 0.6) is 0 Å². The van der Waals surface area contributed by atoms with Crippen LogP contribution in [0, 0.1) is 5.41 Å². The van der Waals surface area contributed by atoms with Crippen molar-refractivity contribution in [1.29, 1.82) is 0 Å². The fourth-order valence-electron chi connectivity index (χ4n) is 1.68. The first-order valence-corrected chi connectivity index (χ1v) is 7.37. The van der Waals surface area contributed by atoms with Gasteiger partial charge in [0, 0.05) is 19.5 Å². The van der Waals surface area contributed by atoms with Crippen molar-refractivity contribution in [1.82, 2.24) is 0 Å². The molecule has 0 radical (unpaired) electrons. The van der Waals surface area contributed by atoms with Crippen LogP contribution in [0.25, 0.3) is 6.08 Å². The van der Waals surface area contributed by atoms with E-state index in [1.165, 1.54) is 14.2 Å². The van der Waals surface area contributed by atoms with Crippen molar-refractivity contribution in [2.24, 2.45) is 5.41 Å². The Morgan fingerprint density at radius 3 is 2.00 bits per heavy atom. The molecule has 0 unspecified atom stereocenters. The molecule has 100 valence electrons. The molecular weight excluding hydrogens is 247 g/mol. The Labute approximate surface area is 109 Å². The van der Waals surface area contributed by atoms with Crippen molar-refractivity contribution in [3.05, 3.63) is 41.2 Å². The lowest BCUT2D eigenvalue weighted by molar-refractivity contribution is 0.275. The predicted molar refractivity (Wildman–Crippen MR) is 75.5 cm³/mol. The highest BCUT2D eigenvalue weighted by Gasteiger charge is 2.35. The molecule has 0 bridgehead atoms. The van der Waals surface area contributed by atoms with Gasteiger partial charge in [-0.25, -0.2) is 0 Å². The zero-order chi connectivity index (χ0) is 13.8. The van der Waals surface area contributed by atoms with E-state index in [0.717, 1.165) is 5.56 Å². The van der Waals surface area contributed by atoms with Gasteiger partial charge < -0.3 is 9.05 Å². The topological polar surface area (TPSA) is 35.5 Å². The molecule has 1 rings (SSSR count). The van der Waals surface area contributed by atoms with Crippen molar-refractivity contribution in [3.63, 3.8) is 0 Å². The van der Waals surface area contributed by atoms with E-state index in [2.05, 4.69) is 0 Å². The molecule has 3 nitrogen and oxygen atoms in total. The third kappa shape index (κ3) is 3.55. The van der Waals surface area contributed by atoms with Crippen molar-refractivity contribution in [2.75, 3.05) is 14.2 Å². The van der Waals surface area contributed by atoms with Crippen LogP contribution in [0.4, 0.5) is 0 Å². The lowest BCUT2D eigenvalue weighted by Gasteiger charge is -2.28. The minimum Gasteiger partial charge on any atom is -0.309 e. The van der Waals surface area contributed by atoms with Crippen LogP contribution < -0.4 is 0 Å². The summed E-state index contributed by atoms with van der Waals surface area (Å²) in [6, 6.07) is 9.75. The molecule has 18 heavy (non-hydrogen) atoms. The van der Waals surface area contributed by atoms with Crippen molar-refractivity contribution in [3.8, 4) is 0 Å². The highest BCUT2D eigenvalue weighted by atomic mass is 31.2. The molecule has 0 saturated heterocycles. The lowest BCUT2D eigenvalue weighted by atomic mass is 9.94. The first-order valence-electron chi connectivity index (χ1n) is 5.83. The average molecular weight is 268 g/mol. The first kappa shape index (κ1) is 15.2. The van der Waals surface area contributed by atoms with Crippen molar-refractivity contribution in [2.45, 2.75) is 20.8 Å². The molecule has 1 aromatic rings. The predicted octanol–water partition coefficient (Wildman–Crippen LogP) is 4.56. The average Bonchev–Trinajstić information content (AvgIpc) is 2.35. The van der Waals surface area contributed by atoms with Crippen LogP contribution >= 0.6 is 7.60 Å². The largest absolute Gasteiger partial charge is 0.357 e. The number of hydrogen-bond donors (Lipinski definition) is 0. The van der Waals surface area contributed by atoms with E-state index < -0.39 is 7.60 Å². The Morgan fingerprint density at radius 2 is 1.61 bits per heavy atom. The van der Waals surface area contributed by atoms with E-state index in [1.54, 1.807) is 0 Å². The number of hydrogen-bond acceptors (Lipinski definition) is 3. The molecular formula is C14H21O3P. The fourth-order valence-corrected chi connectivity index (χ4v) is 3.36. The van der Waals surface area contributed by atoms with Crippen LogP contribution in [-0.4, -0.2) is 14.2 Å². The summed E-state index contributed by atoms with van der Waals surface area (Å²) in [6.07, 6.45) is 1.88. The van der Waals surface area contributed by atoms with Crippen LogP contribution in [0.2, 0.25) is 0 Å². The summed E-state index contributed by atoms with van der Waals surface area (Å²) in [5.74, 6) is 0. The van der Waals surface area contributed by atoms with E-state index >= 15 is 0 Å². The highest BCUT2D eigenvalue weighted by molar-refractivity contribution is 7.58. The highest BCUT2D eigenvalue weighted by Crippen LogP contribution is 2.61. The van der Waals surface area contributed by atoms with E-state index in [1.807, 2.05) is 57.2 Å². The molecule has 0 aliphatic carbocycles. The smallest absolute Gasteiger partial charge is 0.309 e. The maximum absolute atomic E-state index is 12.6. The van der Waals surface area contributed by atoms with Crippen LogP contribution in [0.15, 0.2) is 35.6 Å². The Kier molecular flexibility index (Phi) is 4.92. The summed E-state index contributed by atoms with van der Waals surface area (Å²) in [4.78, 5) is 0. The molecule has 0 atom stereocenters. The zero-order valence-electron chi connectivity index (χ0n) is 11.6. The minimum absolute atomic E-state index is 0.294. The monoisotopic (exact) mass is 268 g/mol. The van der Waals surface area contributed by atoms with Gasteiger partial charge in [-0.15, -0.1) is 0 Å². The van der Waals surface area contributed by atoms with E-state index in [-0.39, 0.29) is 5.41 Å². The van der Waals surface area contributed by atoms with Crippen LogP contribution in [-0.2, 0) is 13.6 Å². The van der Waals surface area contributed by atoms with Crippen molar-refractivity contribution >= 4 is 13.7 Å². The summed E-state index contributed by atoms with van der Waals surface area (Å²) in [5, 5.41) is 0.672. The number of benzene rings is 1. The summed E-state index contributed by atoms with van der Waals surface area (Å²) in [5.41, 5.74) is 0.689. The Hall–Kier alpha value is -0.890. The third-order valence-corrected chi connectivity index (χ3v) is 5.00. The quantitative estimate of drug-likeness (QED) is 0.751. The molecule has 0 N–H and O–H groups in total. The Balaban J connectivity index is 3.32. The molecule has 0 aliphatic heterocycles. The van der Waals surface area contributed by atoms with E-state index in [9.17, 15) is 4.57 Å². The maximum Gasteiger partial charge on any atom is 0.357 e. The summed E-state index contributed by atoms with van der Waals surface area (Å²) >= 11 is 0. The lowest BCUT2D eigenvalue weighted by Crippen LogP contribution is -2.11. The van der Waals surface area contributed by atoms with Crippen LogP contribution in [0.3, 0.4) is 0 Å². The SMILES string of the molecule is COP(=O)(OC)/C(=C\c1ccccc1)C(C)(C)C. The normalized spacial score (nSPS) is 13.7. The second-order valence-electron chi connectivity index (χ2n) is 5.05. The molecule has 0 fully saturated rings. The molecule has 4 heteroatoms. The van der Waals surface area contributed by atoms with Gasteiger partial charge in [-0.05, 0) is 17.1 Å². The van der Waals surface area contributed by atoms with Gasteiger partial charge in [-0.2, -0.15) is 0 Å². The van der Waals surface area contributed by atoms with E-state index in [0.29, 0.717) is 5.31 Å². The fraction of sp³-hybridized carbons (Fsp3) is 0.429. The molecule has 0 amide bonds. The molecule has 0 spiro atoms. The Bertz CT molecular complexity index is 450. The molecule has 0 heterocycles. The van der Waals surface area contributed by atoms with Crippen molar-refractivity contribution < 1.29 is 13.6 Å². The van der Waals surface area contributed by atoms with Gasteiger partial charge in [-0.1, -0.05) is 51.1 Å². The maximum atomic E-state index is 12.6. The molecule has 1 aromatic carbocycles. The van der Waals surface area contributed by atoms with Gasteiger partial charge in [-0.3, -0.25) is 4.57 Å². The van der Waals surface area contributed by atoms with Gasteiger partial charge in [0.05, 0.1) is 0 Å². The standard InChI is InChI=1S/C14H21O3P/c1-14(2,3)13(18(15,16-4)17-5)11-12-9-7-6-8-10-12/h6-11H,1-5H3/b13-11-. The molecule has 0 aliphatic rings. The Morgan fingerprint density at radius 1 is 1.11 bits per heavy atom. The summed E-state index contributed by atoms with van der Waals surface area (Å²) in [6.45, 7) is 5.98. The molecule has 0 aromatic heterocycles. The van der Waals surface area contributed by atoms with Gasteiger partial charge in [0.25, 0.3) is 0 Å². The summed E-state index contributed by atoms with van der Waals surface area (Å²) in [7, 11) is -0.394. The van der Waals surface area contributed by atoms with Gasteiger partial charge in [0.15, 0.2) is 0 Å². The number of allylic oxidation sites excluding steroid dienone is 1. The van der Waals surface area contributed by atoms with E-state index in [4.69, 9.17) is 9.05 Å². The van der Waals surface area contributed by atoms with Gasteiger partial charge in [0.1, 0.15) is 0 Å². The second kappa shape index (κ2) is 5.83. The van der Waals surface area contributed by atoms with Gasteiger partial charge in [0.2, 0.25) is 0 Å². The molecule has 0 saturated carbocycles. The first-order chi connectivity index (χ1) is 8.33.